The molecule has 1 aromatic carbocycles. The van der Waals surface area contributed by atoms with Crippen LogP contribution in [0, 0.1) is 0 Å². The lowest BCUT2D eigenvalue weighted by molar-refractivity contribution is -0.137. The van der Waals surface area contributed by atoms with Gasteiger partial charge in [-0.05, 0) is 30.3 Å². The van der Waals surface area contributed by atoms with E-state index in [1.54, 1.807) is 24.3 Å². The molecule has 0 amide bonds. The fourth-order valence-corrected chi connectivity index (χ4v) is 1.44. The van der Waals surface area contributed by atoms with E-state index in [1.807, 2.05) is 0 Å². The van der Waals surface area contributed by atoms with Crippen molar-refractivity contribution in [1.29, 1.82) is 0 Å². The van der Waals surface area contributed by atoms with Crippen LogP contribution in [0.5, 0.6) is 0 Å². The van der Waals surface area contributed by atoms with E-state index in [2.05, 4.69) is 10.3 Å². The SMILES string of the molecule is Nc1cccc(Nc2cc(C(F)(F)F)ccn2)c1. The van der Waals surface area contributed by atoms with Gasteiger partial charge in [-0.15, -0.1) is 0 Å². The molecule has 0 unspecified atom stereocenters. The van der Waals surface area contributed by atoms with E-state index >= 15 is 0 Å². The van der Waals surface area contributed by atoms with Gasteiger partial charge in [0, 0.05) is 17.6 Å². The Hall–Kier alpha value is -2.24. The van der Waals surface area contributed by atoms with Gasteiger partial charge in [0.2, 0.25) is 0 Å². The Balaban J connectivity index is 2.25. The number of nitrogens with one attached hydrogen (secondary N) is 1. The summed E-state index contributed by atoms with van der Waals surface area (Å²) in [5.74, 6) is 0.121. The second-order valence-corrected chi connectivity index (χ2v) is 3.68. The highest BCUT2D eigenvalue weighted by molar-refractivity contribution is 5.61. The number of alkyl halides is 3. The van der Waals surface area contributed by atoms with Crippen molar-refractivity contribution in [2.45, 2.75) is 6.18 Å². The van der Waals surface area contributed by atoms with Crippen molar-refractivity contribution in [3.05, 3.63) is 48.2 Å². The molecule has 0 aliphatic heterocycles. The van der Waals surface area contributed by atoms with Gasteiger partial charge >= 0.3 is 6.18 Å². The molecule has 0 aliphatic carbocycles. The molecule has 0 bridgehead atoms. The Morgan fingerprint density at radius 3 is 2.56 bits per heavy atom. The van der Waals surface area contributed by atoms with Crippen LogP contribution in [0.4, 0.5) is 30.4 Å². The third-order valence-electron chi connectivity index (χ3n) is 2.25. The first-order valence-electron chi connectivity index (χ1n) is 5.11. The molecule has 0 aliphatic rings. The van der Waals surface area contributed by atoms with Crippen LogP contribution >= 0.6 is 0 Å². The van der Waals surface area contributed by atoms with Crippen molar-refractivity contribution in [2.75, 3.05) is 11.1 Å². The Bertz CT molecular complexity index is 552. The van der Waals surface area contributed by atoms with Gasteiger partial charge in [-0.1, -0.05) is 6.07 Å². The topological polar surface area (TPSA) is 50.9 Å². The average molecular weight is 253 g/mol. The number of halogens is 3. The third-order valence-corrected chi connectivity index (χ3v) is 2.25. The van der Waals surface area contributed by atoms with Crippen molar-refractivity contribution >= 4 is 17.2 Å². The summed E-state index contributed by atoms with van der Waals surface area (Å²) >= 11 is 0. The Kier molecular flexibility index (Phi) is 3.10. The van der Waals surface area contributed by atoms with E-state index in [4.69, 9.17) is 5.73 Å². The first-order chi connectivity index (χ1) is 8.45. The number of anilines is 3. The molecule has 0 saturated heterocycles. The van der Waals surface area contributed by atoms with Gasteiger partial charge in [0.15, 0.2) is 0 Å². The zero-order valence-electron chi connectivity index (χ0n) is 9.20. The Morgan fingerprint density at radius 2 is 1.89 bits per heavy atom. The number of nitrogens with zero attached hydrogens (tertiary/aromatic N) is 1. The molecular weight excluding hydrogens is 243 g/mol. The Morgan fingerprint density at radius 1 is 1.11 bits per heavy atom. The van der Waals surface area contributed by atoms with Crippen LogP contribution in [-0.4, -0.2) is 4.98 Å². The maximum Gasteiger partial charge on any atom is 0.416 e. The molecule has 2 aromatic rings. The minimum Gasteiger partial charge on any atom is -0.399 e. The normalized spacial score (nSPS) is 11.3. The number of nitrogen functional groups attached to an aromatic ring is 1. The van der Waals surface area contributed by atoms with Crippen molar-refractivity contribution in [2.24, 2.45) is 0 Å². The number of rotatable bonds is 2. The number of benzene rings is 1. The standard InChI is InChI=1S/C12H10F3N3/c13-12(14,15)8-4-5-17-11(6-8)18-10-3-1-2-9(16)7-10/h1-7H,16H2,(H,17,18). The first-order valence-corrected chi connectivity index (χ1v) is 5.11. The summed E-state index contributed by atoms with van der Waals surface area (Å²) in [4.78, 5) is 3.83. The van der Waals surface area contributed by atoms with Crippen LogP contribution in [0.15, 0.2) is 42.6 Å². The molecule has 0 saturated carbocycles. The summed E-state index contributed by atoms with van der Waals surface area (Å²) in [6, 6.07) is 8.56. The monoisotopic (exact) mass is 253 g/mol. The second-order valence-electron chi connectivity index (χ2n) is 3.68. The van der Waals surface area contributed by atoms with E-state index in [9.17, 15) is 13.2 Å². The maximum atomic E-state index is 12.5. The quantitative estimate of drug-likeness (QED) is 0.806. The Labute approximate surface area is 101 Å². The van der Waals surface area contributed by atoms with E-state index in [0.717, 1.165) is 18.3 Å². The fraction of sp³-hybridized carbons (Fsp3) is 0.0833. The summed E-state index contributed by atoms with van der Waals surface area (Å²) in [6.07, 6.45) is -3.27. The molecule has 94 valence electrons. The summed E-state index contributed by atoms with van der Waals surface area (Å²) in [6.45, 7) is 0. The minimum absolute atomic E-state index is 0.121. The van der Waals surface area contributed by atoms with Gasteiger partial charge in [0.25, 0.3) is 0 Å². The highest BCUT2D eigenvalue weighted by Crippen LogP contribution is 2.30. The van der Waals surface area contributed by atoms with E-state index in [1.165, 1.54) is 0 Å². The van der Waals surface area contributed by atoms with E-state index < -0.39 is 11.7 Å². The lowest BCUT2D eigenvalue weighted by Crippen LogP contribution is -2.06. The molecule has 1 aromatic heterocycles. The van der Waals surface area contributed by atoms with Gasteiger partial charge < -0.3 is 11.1 Å². The lowest BCUT2D eigenvalue weighted by atomic mass is 10.2. The van der Waals surface area contributed by atoms with Crippen molar-refractivity contribution in [1.82, 2.24) is 4.98 Å². The highest BCUT2D eigenvalue weighted by atomic mass is 19.4. The number of aromatic nitrogens is 1. The molecule has 2 rings (SSSR count). The van der Waals surface area contributed by atoms with Gasteiger partial charge in [-0.25, -0.2) is 4.98 Å². The summed E-state index contributed by atoms with van der Waals surface area (Å²) in [7, 11) is 0. The first kappa shape index (κ1) is 12.2. The number of hydrogen-bond acceptors (Lipinski definition) is 3. The lowest BCUT2D eigenvalue weighted by Gasteiger charge is -2.10. The smallest absolute Gasteiger partial charge is 0.399 e. The molecule has 6 heteroatoms. The van der Waals surface area contributed by atoms with E-state index in [0.29, 0.717) is 11.4 Å². The molecule has 0 radical (unpaired) electrons. The van der Waals surface area contributed by atoms with Crippen molar-refractivity contribution in [3.8, 4) is 0 Å². The third kappa shape index (κ3) is 2.91. The molecule has 1 heterocycles. The number of pyridine rings is 1. The predicted molar refractivity (Wildman–Crippen MR) is 63.4 cm³/mol. The average Bonchev–Trinajstić information content (AvgIpc) is 2.28. The molecule has 18 heavy (non-hydrogen) atoms. The van der Waals surface area contributed by atoms with E-state index in [-0.39, 0.29) is 5.82 Å². The van der Waals surface area contributed by atoms with Crippen LogP contribution in [-0.2, 0) is 6.18 Å². The van der Waals surface area contributed by atoms with Crippen LogP contribution in [0.3, 0.4) is 0 Å². The number of nitrogens with two attached hydrogens (primary N) is 1. The number of hydrogen-bond donors (Lipinski definition) is 2. The molecule has 0 atom stereocenters. The second kappa shape index (κ2) is 4.56. The van der Waals surface area contributed by atoms with Gasteiger partial charge in [-0.2, -0.15) is 13.2 Å². The van der Waals surface area contributed by atoms with Crippen molar-refractivity contribution < 1.29 is 13.2 Å². The summed E-state index contributed by atoms with van der Waals surface area (Å²) in [5, 5.41) is 2.77. The fourth-order valence-electron chi connectivity index (χ4n) is 1.44. The van der Waals surface area contributed by atoms with Crippen molar-refractivity contribution in [3.63, 3.8) is 0 Å². The van der Waals surface area contributed by atoms with Crippen LogP contribution in [0.2, 0.25) is 0 Å². The summed E-state index contributed by atoms with van der Waals surface area (Å²) in [5.41, 5.74) is 5.93. The zero-order chi connectivity index (χ0) is 13.2. The zero-order valence-corrected chi connectivity index (χ0v) is 9.20. The van der Waals surface area contributed by atoms with Crippen LogP contribution in [0.25, 0.3) is 0 Å². The maximum absolute atomic E-state index is 12.5. The molecule has 3 N–H and O–H groups in total. The van der Waals surface area contributed by atoms with Gasteiger partial charge in [-0.3, -0.25) is 0 Å². The van der Waals surface area contributed by atoms with Gasteiger partial charge in [0.1, 0.15) is 5.82 Å². The van der Waals surface area contributed by atoms with Crippen LogP contribution in [0.1, 0.15) is 5.56 Å². The van der Waals surface area contributed by atoms with Crippen LogP contribution < -0.4 is 11.1 Å². The summed E-state index contributed by atoms with van der Waals surface area (Å²) < 4.78 is 37.5. The largest absolute Gasteiger partial charge is 0.416 e. The predicted octanol–water partition coefficient (Wildman–Crippen LogP) is 3.43. The molecule has 0 spiro atoms. The van der Waals surface area contributed by atoms with Gasteiger partial charge in [0.05, 0.1) is 5.56 Å². The molecule has 0 fully saturated rings. The minimum atomic E-state index is -4.38. The highest BCUT2D eigenvalue weighted by Gasteiger charge is 2.30. The molecular formula is C12H10F3N3. The molecule has 3 nitrogen and oxygen atoms in total.